The van der Waals surface area contributed by atoms with Crippen LogP contribution in [-0.2, 0) is 6.54 Å². The van der Waals surface area contributed by atoms with Gasteiger partial charge in [-0.15, -0.1) is 0 Å². The Morgan fingerprint density at radius 1 is 1.00 bits per heavy atom. The molecule has 0 saturated heterocycles. The van der Waals surface area contributed by atoms with Gasteiger partial charge in [0, 0.05) is 17.7 Å². The van der Waals surface area contributed by atoms with E-state index in [1.54, 1.807) is 74.9 Å². The van der Waals surface area contributed by atoms with Crippen molar-refractivity contribution in [1.29, 1.82) is 0 Å². The van der Waals surface area contributed by atoms with Gasteiger partial charge in [0.25, 0.3) is 5.91 Å². The lowest BCUT2D eigenvalue weighted by Crippen LogP contribution is -2.23. The molecule has 6 nitrogen and oxygen atoms in total. The summed E-state index contributed by atoms with van der Waals surface area (Å²) in [5, 5.41) is 2.90. The van der Waals surface area contributed by atoms with E-state index < -0.39 is 5.82 Å². The van der Waals surface area contributed by atoms with Crippen LogP contribution in [-0.4, -0.2) is 25.1 Å². The molecule has 1 amide bonds. The van der Waals surface area contributed by atoms with E-state index in [9.17, 15) is 9.18 Å². The number of amides is 1. The summed E-state index contributed by atoms with van der Waals surface area (Å²) in [6.45, 7) is 0.236. The van der Waals surface area contributed by atoms with Crippen LogP contribution in [0, 0.1) is 5.82 Å². The molecule has 4 rings (SSSR count). The van der Waals surface area contributed by atoms with Crippen molar-refractivity contribution in [3.8, 4) is 34.3 Å². The maximum Gasteiger partial charge on any atom is 0.252 e. The minimum atomic E-state index is -0.409. The molecule has 3 aromatic carbocycles. The van der Waals surface area contributed by atoms with Crippen molar-refractivity contribution in [2.24, 2.45) is 0 Å². The lowest BCUT2D eigenvalue weighted by molar-refractivity contribution is 0.0951. The van der Waals surface area contributed by atoms with Crippen LogP contribution in [0.3, 0.4) is 0 Å². The SMILES string of the molecule is COc1ccc(OC)c(CNC(=O)c2ccccc2-c2ncc(-c3ccccc3F)o2)c1. The Labute approximate surface area is 184 Å². The molecule has 0 bridgehead atoms. The fraction of sp³-hybridized carbons (Fsp3) is 0.120. The number of nitrogens with zero attached hydrogens (tertiary/aromatic N) is 1. The Kier molecular flexibility index (Phi) is 6.17. The molecule has 0 saturated carbocycles. The zero-order valence-electron chi connectivity index (χ0n) is 17.6. The number of hydrogen-bond acceptors (Lipinski definition) is 5. The number of carbonyl (C=O) groups is 1. The number of aromatic nitrogens is 1. The molecule has 1 aromatic heterocycles. The third-order valence-electron chi connectivity index (χ3n) is 4.97. The minimum Gasteiger partial charge on any atom is -0.497 e. The number of benzene rings is 3. The van der Waals surface area contributed by atoms with Crippen LogP contribution in [0.1, 0.15) is 15.9 Å². The van der Waals surface area contributed by atoms with Gasteiger partial charge in [-0.3, -0.25) is 4.79 Å². The summed E-state index contributed by atoms with van der Waals surface area (Å²) in [4.78, 5) is 17.2. The molecule has 0 aliphatic carbocycles. The van der Waals surface area contributed by atoms with Crippen LogP contribution < -0.4 is 14.8 Å². The predicted molar refractivity (Wildman–Crippen MR) is 118 cm³/mol. The Hall–Kier alpha value is -4.13. The van der Waals surface area contributed by atoms with E-state index in [4.69, 9.17) is 13.9 Å². The zero-order valence-corrected chi connectivity index (χ0v) is 17.6. The van der Waals surface area contributed by atoms with Gasteiger partial charge in [0.05, 0.1) is 31.5 Å². The van der Waals surface area contributed by atoms with Crippen molar-refractivity contribution >= 4 is 5.91 Å². The second kappa shape index (κ2) is 9.34. The molecule has 162 valence electrons. The monoisotopic (exact) mass is 432 g/mol. The topological polar surface area (TPSA) is 73.6 Å². The standard InChI is InChI=1S/C25H21FN2O4/c1-30-17-11-12-22(31-2)16(13-17)14-27-24(29)18-7-3-4-8-19(18)25-28-15-23(32-25)20-9-5-6-10-21(20)26/h3-13,15H,14H2,1-2H3,(H,27,29). The lowest BCUT2D eigenvalue weighted by Gasteiger charge is -2.12. The second-order valence-corrected chi connectivity index (χ2v) is 6.92. The number of rotatable bonds is 7. The summed E-state index contributed by atoms with van der Waals surface area (Å²) in [6.07, 6.45) is 1.45. The van der Waals surface area contributed by atoms with Crippen LogP contribution in [0.4, 0.5) is 4.39 Å². The average Bonchev–Trinajstić information content (AvgIpc) is 3.32. The van der Waals surface area contributed by atoms with Crippen LogP contribution in [0.2, 0.25) is 0 Å². The normalized spacial score (nSPS) is 10.6. The quantitative estimate of drug-likeness (QED) is 0.440. The third-order valence-corrected chi connectivity index (χ3v) is 4.97. The molecule has 1 heterocycles. The van der Waals surface area contributed by atoms with Gasteiger partial charge < -0.3 is 19.2 Å². The van der Waals surface area contributed by atoms with Gasteiger partial charge in [-0.1, -0.05) is 24.3 Å². The Morgan fingerprint density at radius 3 is 2.50 bits per heavy atom. The molecule has 0 unspecified atom stereocenters. The van der Waals surface area contributed by atoms with Crippen LogP contribution in [0.15, 0.2) is 77.3 Å². The molecular weight excluding hydrogens is 411 g/mol. The van der Waals surface area contributed by atoms with Crippen molar-refractivity contribution in [2.45, 2.75) is 6.54 Å². The number of oxazole rings is 1. The zero-order chi connectivity index (χ0) is 22.5. The number of ether oxygens (including phenoxy) is 2. The number of hydrogen-bond donors (Lipinski definition) is 1. The summed E-state index contributed by atoms with van der Waals surface area (Å²) >= 11 is 0. The molecule has 0 radical (unpaired) electrons. The van der Waals surface area contributed by atoms with Gasteiger partial charge in [0.2, 0.25) is 5.89 Å². The first kappa shape index (κ1) is 21.1. The summed E-state index contributed by atoms with van der Waals surface area (Å²) in [7, 11) is 3.14. The highest BCUT2D eigenvalue weighted by molar-refractivity contribution is 6.00. The number of halogens is 1. The van der Waals surface area contributed by atoms with E-state index in [0.29, 0.717) is 28.2 Å². The van der Waals surface area contributed by atoms with Gasteiger partial charge in [-0.2, -0.15) is 0 Å². The van der Waals surface area contributed by atoms with Gasteiger partial charge in [0.15, 0.2) is 5.76 Å². The molecule has 1 N–H and O–H groups in total. The lowest BCUT2D eigenvalue weighted by atomic mass is 10.1. The van der Waals surface area contributed by atoms with Crippen LogP contribution in [0.25, 0.3) is 22.8 Å². The highest BCUT2D eigenvalue weighted by Crippen LogP contribution is 2.30. The van der Waals surface area contributed by atoms with Crippen LogP contribution in [0.5, 0.6) is 11.5 Å². The summed E-state index contributed by atoms with van der Waals surface area (Å²) < 4.78 is 30.5. The Balaban J connectivity index is 1.58. The van der Waals surface area contributed by atoms with Gasteiger partial charge in [0.1, 0.15) is 17.3 Å². The largest absolute Gasteiger partial charge is 0.497 e. The first-order valence-corrected chi connectivity index (χ1v) is 9.90. The number of nitrogens with one attached hydrogen (secondary N) is 1. The molecule has 4 aromatic rings. The van der Waals surface area contributed by atoms with Crippen molar-refractivity contribution in [1.82, 2.24) is 10.3 Å². The molecule has 0 aliphatic rings. The summed E-state index contributed by atoms with van der Waals surface area (Å²) in [6, 6.07) is 18.6. The summed E-state index contributed by atoms with van der Waals surface area (Å²) in [5.41, 5.74) is 1.97. The maximum absolute atomic E-state index is 14.1. The molecule has 0 fully saturated rings. The second-order valence-electron chi connectivity index (χ2n) is 6.92. The Morgan fingerprint density at radius 2 is 1.75 bits per heavy atom. The van der Waals surface area contributed by atoms with Gasteiger partial charge in [-0.05, 0) is 42.5 Å². The summed E-state index contributed by atoms with van der Waals surface area (Å²) in [5.74, 6) is 1.10. The van der Waals surface area contributed by atoms with Crippen molar-refractivity contribution < 1.29 is 23.1 Å². The molecule has 0 spiro atoms. The van der Waals surface area contributed by atoms with Crippen LogP contribution >= 0.6 is 0 Å². The fourth-order valence-electron chi connectivity index (χ4n) is 3.34. The first-order valence-electron chi connectivity index (χ1n) is 9.90. The molecule has 32 heavy (non-hydrogen) atoms. The fourth-order valence-corrected chi connectivity index (χ4v) is 3.34. The maximum atomic E-state index is 14.1. The highest BCUT2D eigenvalue weighted by Gasteiger charge is 2.18. The van der Waals surface area contributed by atoms with Gasteiger partial charge >= 0.3 is 0 Å². The van der Waals surface area contributed by atoms with E-state index in [1.807, 2.05) is 0 Å². The minimum absolute atomic E-state index is 0.230. The Bertz CT molecular complexity index is 1250. The number of methoxy groups -OCH3 is 2. The van der Waals surface area contributed by atoms with Crippen molar-refractivity contribution in [3.63, 3.8) is 0 Å². The third kappa shape index (κ3) is 4.32. The molecule has 0 atom stereocenters. The van der Waals surface area contributed by atoms with E-state index in [1.165, 1.54) is 12.3 Å². The van der Waals surface area contributed by atoms with Crippen molar-refractivity contribution in [2.75, 3.05) is 14.2 Å². The molecule has 7 heteroatoms. The van der Waals surface area contributed by atoms with E-state index >= 15 is 0 Å². The van der Waals surface area contributed by atoms with Crippen molar-refractivity contribution in [3.05, 3.63) is 89.9 Å². The first-order chi connectivity index (χ1) is 15.6. The van der Waals surface area contributed by atoms with E-state index in [2.05, 4.69) is 10.3 Å². The molecular formula is C25H21FN2O4. The van der Waals surface area contributed by atoms with E-state index in [0.717, 1.165) is 5.56 Å². The highest BCUT2D eigenvalue weighted by atomic mass is 19.1. The van der Waals surface area contributed by atoms with E-state index in [-0.39, 0.29) is 24.1 Å². The van der Waals surface area contributed by atoms with Gasteiger partial charge in [-0.25, -0.2) is 9.37 Å². The predicted octanol–water partition coefficient (Wildman–Crippen LogP) is 5.09. The average molecular weight is 432 g/mol. The molecule has 0 aliphatic heterocycles. The smallest absolute Gasteiger partial charge is 0.252 e. The number of carbonyl (C=O) groups excluding carboxylic acids is 1.